The topological polar surface area (TPSA) is 75.3 Å². The molecule has 3 rings (SSSR count). The Hall–Kier alpha value is -2.48. The summed E-state index contributed by atoms with van der Waals surface area (Å²) in [6.07, 6.45) is 0. The first-order valence-corrected chi connectivity index (χ1v) is 12.5. The average Bonchev–Trinajstić information content (AvgIpc) is 2.72. The number of rotatable bonds is 8. The van der Waals surface area contributed by atoms with Crippen molar-refractivity contribution in [3.05, 3.63) is 88.4 Å². The summed E-state index contributed by atoms with van der Waals surface area (Å²) < 4.78 is 28.4. The number of thioether (sulfide) groups is 1. The van der Waals surface area contributed by atoms with E-state index in [0.717, 1.165) is 10.5 Å². The van der Waals surface area contributed by atoms with Gasteiger partial charge in [0.1, 0.15) is 0 Å². The van der Waals surface area contributed by atoms with E-state index in [2.05, 4.69) is 10.0 Å². The summed E-state index contributed by atoms with van der Waals surface area (Å²) >= 11 is 7.48. The maximum Gasteiger partial charge on any atom is 0.262 e. The molecule has 1 amide bonds. The largest absolute Gasteiger partial charge is 0.351 e. The van der Waals surface area contributed by atoms with Gasteiger partial charge < -0.3 is 5.32 Å². The van der Waals surface area contributed by atoms with E-state index in [1.54, 1.807) is 49.0 Å². The van der Waals surface area contributed by atoms with Gasteiger partial charge in [0.25, 0.3) is 15.9 Å². The number of sulfonamides is 1. The standard InChI is InChI=1S/C23H23ClN2O3S2/c1-16-4-3-5-20(14-16)26-31(28,29)22-15-18(7-6-17(22)2)23(27)25-12-13-30-21-10-8-19(24)9-11-21/h3-11,14-15,26H,12-13H2,1-2H3,(H,25,27). The van der Waals surface area contributed by atoms with Crippen molar-refractivity contribution in [3.8, 4) is 0 Å². The lowest BCUT2D eigenvalue weighted by molar-refractivity contribution is 0.0956. The number of anilines is 1. The molecular formula is C23H23ClN2O3S2. The summed E-state index contributed by atoms with van der Waals surface area (Å²) in [4.78, 5) is 13.7. The Balaban J connectivity index is 1.65. The number of halogens is 1. The molecule has 5 nitrogen and oxygen atoms in total. The van der Waals surface area contributed by atoms with E-state index < -0.39 is 10.0 Å². The summed E-state index contributed by atoms with van der Waals surface area (Å²) in [5.41, 5.74) is 2.29. The molecule has 3 aromatic carbocycles. The van der Waals surface area contributed by atoms with Crippen LogP contribution < -0.4 is 10.0 Å². The highest BCUT2D eigenvalue weighted by molar-refractivity contribution is 7.99. The van der Waals surface area contributed by atoms with Gasteiger partial charge in [-0.3, -0.25) is 9.52 Å². The molecule has 0 saturated carbocycles. The Morgan fingerprint density at radius 2 is 1.74 bits per heavy atom. The summed E-state index contributed by atoms with van der Waals surface area (Å²) in [6, 6.07) is 19.3. The zero-order valence-corrected chi connectivity index (χ0v) is 19.6. The molecule has 0 heterocycles. The summed E-state index contributed by atoms with van der Waals surface area (Å²) in [5.74, 6) is 0.364. The van der Waals surface area contributed by atoms with Gasteiger partial charge in [-0.2, -0.15) is 0 Å². The van der Waals surface area contributed by atoms with E-state index in [9.17, 15) is 13.2 Å². The maximum absolute atomic E-state index is 12.9. The number of amides is 1. The fourth-order valence-corrected chi connectivity index (χ4v) is 5.13. The summed E-state index contributed by atoms with van der Waals surface area (Å²) in [6.45, 7) is 4.04. The minimum atomic E-state index is -3.83. The van der Waals surface area contributed by atoms with E-state index in [1.165, 1.54) is 6.07 Å². The lowest BCUT2D eigenvalue weighted by Gasteiger charge is -2.12. The fraction of sp³-hybridized carbons (Fsp3) is 0.174. The highest BCUT2D eigenvalue weighted by Crippen LogP contribution is 2.22. The van der Waals surface area contributed by atoms with Crippen molar-refractivity contribution in [1.82, 2.24) is 5.32 Å². The Morgan fingerprint density at radius 1 is 1.00 bits per heavy atom. The van der Waals surface area contributed by atoms with E-state index in [1.807, 2.05) is 37.3 Å². The van der Waals surface area contributed by atoms with Crippen LogP contribution in [0.15, 0.2) is 76.5 Å². The quantitative estimate of drug-likeness (QED) is 0.344. The van der Waals surface area contributed by atoms with Gasteiger partial charge in [0, 0.05) is 33.5 Å². The number of carbonyl (C=O) groups excluding carboxylic acids is 1. The van der Waals surface area contributed by atoms with Crippen LogP contribution in [0.25, 0.3) is 0 Å². The smallest absolute Gasteiger partial charge is 0.262 e. The van der Waals surface area contributed by atoms with Crippen molar-refractivity contribution in [2.24, 2.45) is 0 Å². The Morgan fingerprint density at radius 3 is 2.45 bits per heavy atom. The number of carbonyl (C=O) groups is 1. The third-order valence-electron chi connectivity index (χ3n) is 4.48. The highest BCUT2D eigenvalue weighted by Gasteiger charge is 2.19. The predicted molar refractivity (Wildman–Crippen MR) is 128 cm³/mol. The third-order valence-corrected chi connectivity index (χ3v) is 7.27. The summed E-state index contributed by atoms with van der Waals surface area (Å²) in [7, 11) is -3.83. The monoisotopic (exact) mass is 474 g/mol. The van der Waals surface area contributed by atoms with Crippen molar-refractivity contribution < 1.29 is 13.2 Å². The van der Waals surface area contributed by atoms with E-state index in [0.29, 0.717) is 34.1 Å². The molecule has 0 aliphatic heterocycles. The third kappa shape index (κ3) is 6.50. The maximum atomic E-state index is 12.9. The normalized spacial score (nSPS) is 11.2. The Kier molecular flexibility index (Phi) is 7.64. The molecule has 0 bridgehead atoms. The predicted octanol–water partition coefficient (Wildman–Crippen LogP) is 5.28. The average molecular weight is 475 g/mol. The van der Waals surface area contributed by atoms with Crippen LogP contribution in [0.3, 0.4) is 0 Å². The number of aryl methyl sites for hydroxylation is 2. The minimum Gasteiger partial charge on any atom is -0.351 e. The molecule has 3 aromatic rings. The van der Waals surface area contributed by atoms with Crippen molar-refractivity contribution in [2.45, 2.75) is 23.6 Å². The Bertz CT molecular complexity index is 1180. The van der Waals surface area contributed by atoms with Crippen molar-refractivity contribution in [2.75, 3.05) is 17.0 Å². The van der Waals surface area contributed by atoms with Crippen LogP contribution in [0.4, 0.5) is 5.69 Å². The molecule has 0 atom stereocenters. The molecule has 0 aromatic heterocycles. The molecular weight excluding hydrogens is 452 g/mol. The van der Waals surface area contributed by atoms with Crippen LogP contribution >= 0.6 is 23.4 Å². The number of nitrogens with one attached hydrogen (secondary N) is 2. The molecule has 162 valence electrons. The molecule has 0 unspecified atom stereocenters. The Labute approximate surface area is 192 Å². The summed E-state index contributed by atoms with van der Waals surface area (Å²) in [5, 5.41) is 3.52. The highest BCUT2D eigenvalue weighted by atomic mass is 35.5. The van der Waals surface area contributed by atoms with Crippen LogP contribution in [0.1, 0.15) is 21.5 Å². The molecule has 0 spiro atoms. The van der Waals surface area contributed by atoms with Crippen LogP contribution in [-0.2, 0) is 10.0 Å². The molecule has 2 N–H and O–H groups in total. The van der Waals surface area contributed by atoms with Gasteiger partial charge in [0.2, 0.25) is 0 Å². The lowest BCUT2D eigenvalue weighted by Crippen LogP contribution is -2.26. The van der Waals surface area contributed by atoms with Gasteiger partial charge in [0.05, 0.1) is 4.90 Å². The zero-order valence-electron chi connectivity index (χ0n) is 17.2. The van der Waals surface area contributed by atoms with Crippen LogP contribution in [0.2, 0.25) is 5.02 Å². The molecule has 0 saturated heterocycles. The van der Waals surface area contributed by atoms with Crippen LogP contribution in [-0.4, -0.2) is 26.6 Å². The lowest BCUT2D eigenvalue weighted by atomic mass is 10.1. The van der Waals surface area contributed by atoms with Crippen LogP contribution in [0.5, 0.6) is 0 Å². The van der Waals surface area contributed by atoms with Gasteiger partial charge in [-0.1, -0.05) is 29.8 Å². The first kappa shape index (κ1) is 23.2. The fourth-order valence-electron chi connectivity index (χ4n) is 2.92. The molecule has 8 heteroatoms. The van der Waals surface area contributed by atoms with Crippen molar-refractivity contribution in [1.29, 1.82) is 0 Å². The van der Waals surface area contributed by atoms with Crippen molar-refractivity contribution in [3.63, 3.8) is 0 Å². The van der Waals surface area contributed by atoms with E-state index >= 15 is 0 Å². The second kappa shape index (κ2) is 10.2. The molecule has 0 aliphatic rings. The van der Waals surface area contributed by atoms with Gasteiger partial charge in [0.15, 0.2) is 0 Å². The second-order valence-corrected chi connectivity index (χ2v) is 10.3. The van der Waals surface area contributed by atoms with Gasteiger partial charge in [-0.25, -0.2) is 8.42 Å². The number of hydrogen-bond acceptors (Lipinski definition) is 4. The zero-order chi connectivity index (χ0) is 22.4. The molecule has 0 radical (unpaired) electrons. The second-order valence-electron chi connectivity index (χ2n) is 7.01. The first-order valence-electron chi connectivity index (χ1n) is 9.61. The van der Waals surface area contributed by atoms with Gasteiger partial charge >= 0.3 is 0 Å². The van der Waals surface area contributed by atoms with E-state index in [-0.39, 0.29) is 10.8 Å². The molecule has 0 fully saturated rings. The van der Waals surface area contributed by atoms with Gasteiger partial charge in [-0.05, 0) is 73.5 Å². The molecule has 0 aliphatic carbocycles. The molecule has 31 heavy (non-hydrogen) atoms. The van der Waals surface area contributed by atoms with Crippen molar-refractivity contribution >= 4 is 45.0 Å². The number of benzene rings is 3. The SMILES string of the molecule is Cc1cccc(NS(=O)(=O)c2cc(C(=O)NCCSc3ccc(Cl)cc3)ccc2C)c1. The first-order chi connectivity index (χ1) is 14.7. The minimum absolute atomic E-state index is 0.0807. The van der Waals surface area contributed by atoms with E-state index in [4.69, 9.17) is 11.6 Å². The van der Waals surface area contributed by atoms with Gasteiger partial charge in [-0.15, -0.1) is 11.8 Å². The number of hydrogen-bond donors (Lipinski definition) is 2. The van der Waals surface area contributed by atoms with Crippen LogP contribution in [0, 0.1) is 13.8 Å².